The topological polar surface area (TPSA) is 43.1 Å². The van der Waals surface area contributed by atoms with E-state index in [-0.39, 0.29) is 16.0 Å². The van der Waals surface area contributed by atoms with Gasteiger partial charge in [0.05, 0.1) is 16.1 Å². The molecule has 0 saturated carbocycles. The molecule has 0 saturated heterocycles. The fourth-order valence-electron chi connectivity index (χ4n) is 3.52. The summed E-state index contributed by atoms with van der Waals surface area (Å²) in [5, 5.41) is 5.17. The van der Waals surface area contributed by atoms with Crippen molar-refractivity contribution >= 4 is 43.2 Å². The summed E-state index contributed by atoms with van der Waals surface area (Å²) in [6.45, 7) is 23.7. The third-order valence-electron chi connectivity index (χ3n) is 7.34. The molecule has 0 fully saturated rings. The highest BCUT2D eigenvalue weighted by molar-refractivity contribution is 7.02. The second kappa shape index (κ2) is 6.59. The molecule has 2 rings (SSSR count). The van der Waals surface area contributed by atoms with E-state index >= 15 is 0 Å². The second-order valence-electron chi connectivity index (χ2n) is 11.0. The van der Waals surface area contributed by atoms with Gasteiger partial charge in [0.1, 0.15) is 0 Å². The minimum absolute atomic E-state index is 0.122. The average Bonchev–Trinajstić information content (AvgIpc) is 2.50. The van der Waals surface area contributed by atoms with Crippen molar-refractivity contribution in [2.45, 2.75) is 77.8 Å². The third-order valence-corrected chi connectivity index (χ3v) is 18.6. The lowest BCUT2D eigenvalue weighted by molar-refractivity contribution is 0.100. The maximum atomic E-state index is 12.8. The van der Waals surface area contributed by atoms with Gasteiger partial charge < -0.3 is 5.73 Å². The van der Waals surface area contributed by atoms with Crippen LogP contribution < -0.4 is 16.1 Å². The van der Waals surface area contributed by atoms with Crippen LogP contribution in [0.5, 0.6) is 0 Å². The molecule has 0 atom stereocenters. The smallest absolute Gasteiger partial charge is 0.249 e. The first kappa shape index (κ1) is 21.9. The lowest BCUT2D eigenvalue weighted by Crippen LogP contribution is -2.66. The predicted octanol–water partition coefficient (Wildman–Crippen LogP) is 5.37. The monoisotopic (exact) mass is 399 g/mol. The number of fused-ring (bicyclic) bond motifs is 1. The Balaban J connectivity index is 3.15. The first-order valence-corrected chi connectivity index (χ1v) is 15.9. The molecule has 0 heterocycles. The van der Waals surface area contributed by atoms with Crippen molar-refractivity contribution in [1.29, 1.82) is 0 Å². The Morgan fingerprint density at radius 1 is 0.852 bits per heavy atom. The molecule has 0 spiro atoms. The molecule has 0 bridgehead atoms. The number of benzene rings is 2. The van der Waals surface area contributed by atoms with Gasteiger partial charge in [-0.15, -0.1) is 0 Å². The van der Waals surface area contributed by atoms with E-state index in [1.54, 1.807) is 0 Å². The van der Waals surface area contributed by atoms with Crippen molar-refractivity contribution in [2.75, 3.05) is 0 Å². The minimum Gasteiger partial charge on any atom is -0.366 e. The van der Waals surface area contributed by atoms with Gasteiger partial charge in [-0.1, -0.05) is 103 Å². The van der Waals surface area contributed by atoms with Crippen LogP contribution in [0.2, 0.25) is 36.3 Å². The van der Waals surface area contributed by atoms with Gasteiger partial charge in [-0.3, -0.25) is 4.79 Å². The highest BCUT2D eigenvalue weighted by Gasteiger charge is 2.46. The summed E-state index contributed by atoms with van der Waals surface area (Å²) in [5.74, 6) is -0.286. The Morgan fingerprint density at radius 2 is 1.33 bits per heavy atom. The molecule has 1 amide bonds. The van der Waals surface area contributed by atoms with Crippen LogP contribution in [0.1, 0.15) is 51.9 Å². The van der Waals surface area contributed by atoms with Gasteiger partial charge in [-0.25, -0.2) is 0 Å². The Bertz CT molecular complexity index is 884. The van der Waals surface area contributed by atoms with Crippen molar-refractivity contribution in [2.24, 2.45) is 5.73 Å². The summed E-state index contributed by atoms with van der Waals surface area (Å²) in [6.07, 6.45) is 0. The van der Waals surface area contributed by atoms with Crippen molar-refractivity contribution in [1.82, 2.24) is 0 Å². The number of nitrogens with two attached hydrogens (primary N) is 1. The summed E-state index contributed by atoms with van der Waals surface area (Å²) in [6, 6.07) is 10.6. The second-order valence-corrected chi connectivity index (χ2v) is 21.5. The van der Waals surface area contributed by atoms with E-state index in [9.17, 15) is 4.79 Å². The average molecular weight is 400 g/mol. The van der Waals surface area contributed by atoms with E-state index in [4.69, 9.17) is 5.73 Å². The van der Waals surface area contributed by atoms with E-state index < -0.39 is 16.1 Å². The number of primary amides is 1. The Labute approximate surface area is 167 Å². The number of amides is 1. The predicted molar refractivity (Wildman–Crippen MR) is 126 cm³/mol. The zero-order chi connectivity index (χ0) is 21.0. The summed E-state index contributed by atoms with van der Waals surface area (Å²) >= 11 is 0. The van der Waals surface area contributed by atoms with Crippen LogP contribution in [-0.4, -0.2) is 22.1 Å². The van der Waals surface area contributed by atoms with Crippen LogP contribution in [0.4, 0.5) is 0 Å². The molecule has 4 heteroatoms. The normalized spacial score (nSPS) is 13.9. The van der Waals surface area contributed by atoms with Crippen LogP contribution in [-0.2, 0) is 0 Å². The van der Waals surface area contributed by atoms with Crippen LogP contribution >= 0.6 is 0 Å². The summed E-state index contributed by atoms with van der Waals surface area (Å²) in [5.41, 5.74) is 6.82. The Morgan fingerprint density at radius 3 is 1.78 bits per heavy atom. The van der Waals surface area contributed by atoms with Gasteiger partial charge in [0, 0.05) is 5.56 Å². The van der Waals surface area contributed by atoms with Crippen LogP contribution in [0, 0.1) is 0 Å². The highest BCUT2D eigenvalue weighted by Crippen LogP contribution is 2.40. The Kier molecular flexibility index (Phi) is 5.35. The molecule has 0 aliphatic heterocycles. The number of rotatable bonds is 3. The van der Waals surface area contributed by atoms with Crippen molar-refractivity contribution in [3.8, 4) is 0 Å². The quantitative estimate of drug-likeness (QED) is 0.693. The van der Waals surface area contributed by atoms with Gasteiger partial charge in [-0.2, -0.15) is 0 Å². The molecule has 0 radical (unpaired) electrons. The summed E-state index contributed by atoms with van der Waals surface area (Å²) in [4.78, 5) is 12.8. The molecule has 0 aromatic heterocycles. The van der Waals surface area contributed by atoms with Gasteiger partial charge in [-0.05, 0) is 26.0 Å². The molecule has 2 aromatic rings. The molecular formula is C23H37NOSi2. The highest BCUT2D eigenvalue weighted by atomic mass is 28.3. The van der Waals surface area contributed by atoms with E-state index in [1.165, 1.54) is 10.4 Å². The van der Waals surface area contributed by atoms with Crippen molar-refractivity contribution < 1.29 is 4.79 Å². The fraction of sp³-hybridized carbons (Fsp3) is 0.522. The molecular weight excluding hydrogens is 362 g/mol. The number of carbonyl (C=O) groups excluding carboxylic acids is 1. The number of carbonyl (C=O) groups is 1. The molecule has 2 N–H and O–H groups in total. The van der Waals surface area contributed by atoms with Crippen LogP contribution in [0.15, 0.2) is 30.3 Å². The zero-order valence-corrected chi connectivity index (χ0v) is 20.9. The zero-order valence-electron chi connectivity index (χ0n) is 18.9. The lowest BCUT2D eigenvalue weighted by Gasteiger charge is -2.45. The van der Waals surface area contributed by atoms with Gasteiger partial charge in [0.2, 0.25) is 5.91 Å². The molecule has 148 valence electrons. The summed E-state index contributed by atoms with van der Waals surface area (Å²) in [7, 11) is -3.89. The Hall–Kier alpha value is -1.40. The standard InChI is InChI=1S/C23H37NOSi2/c1-22(2,3)26(7,8)18-15-16-13-11-12-14-17(16)19(21(24)25)20(18)27(9,10)23(4,5)6/h11-15H,1-10H3,(H2,24,25). The van der Waals surface area contributed by atoms with Gasteiger partial charge >= 0.3 is 0 Å². The van der Waals surface area contributed by atoms with E-state index in [1.807, 2.05) is 6.07 Å². The number of hydrogen-bond donors (Lipinski definition) is 1. The van der Waals surface area contributed by atoms with Crippen LogP contribution in [0.25, 0.3) is 10.8 Å². The fourth-order valence-corrected chi connectivity index (χ4v) is 9.85. The van der Waals surface area contributed by atoms with Crippen molar-refractivity contribution in [3.63, 3.8) is 0 Å². The largest absolute Gasteiger partial charge is 0.366 e. The van der Waals surface area contributed by atoms with E-state index in [0.717, 1.165) is 16.3 Å². The SMILES string of the molecule is CC(C)(C)[Si](C)(C)c1cc2ccccc2c(C(N)=O)c1[Si](C)(C)C(C)(C)C. The first-order chi connectivity index (χ1) is 12.0. The molecule has 0 aliphatic rings. The van der Waals surface area contributed by atoms with Crippen LogP contribution in [0.3, 0.4) is 0 Å². The summed E-state index contributed by atoms with van der Waals surface area (Å²) < 4.78 is 0. The molecule has 2 nitrogen and oxygen atoms in total. The lowest BCUT2D eigenvalue weighted by atomic mass is 10.0. The molecule has 27 heavy (non-hydrogen) atoms. The van der Waals surface area contributed by atoms with Gasteiger partial charge in [0.15, 0.2) is 0 Å². The number of hydrogen-bond acceptors (Lipinski definition) is 1. The maximum Gasteiger partial charge on any atom is 0.249 e. The minimum atomic E-state index is -2.00. The van der Waals surface area contributed by atoms with Gasteiger partial charge in [0.25, 0.3) is 0 Å². The van der Waals surface area contributed by atoms with Crippen molar-refractivity contribution in [3.05, 3.63) is 35.9 Å². The molecule has 0 aliphatic carbocycles. The van der Waals surface area contributed by atoms with E-state index in [2.05, 4.69) is 92.0 Å². The molecule has 0 unspecified atom stereocenters. The van der Waals surface area contributed by atoms with E-state index in [0.29, 0.717) is 0 Å². The third kappa shape index (κ3) is 3.54. The molecule has 2 aromatic carbocycles. The maximum absolute atomic E-state index is 12.8. The first-order valence-electron chi connectivity index (χ1n) is 9.90.